The quantitative estimate of drug-likeness (QED) is 0.490. The molecule has 2 nitrogen and oxygen atoms in total. The van der Waals surface area contributed by atoms with Gasteiger partial charge in [0.05, 0.1) is 0 Å². The van der Waals surface area contributed by atoms with Crippen LogP contribution in [0.3, 0.4) is 0 Å². The van der Waals surface area contributed by atoms with E-state index in [0.717, 1.165) is 6.04 Å². The Morgan fingerprint density at radius 3 is 2.40 bits per heavy atom. The molecule has 0 aromatic rings. The molecule has 0 saturated carbocycles. The van der Waals surface area contributed by atoms with Gasteiger partial charge in [-0.05, 0) is 39.0 Å². The first-order valence-corrected chi connectivity index (χ1v) is 4.16. The van der Waals surface area contributed by atoms with Gasteiger partial charge in [0.2, 0.25) is 0 Å². The number of rotatable bonds is 1. The van der Waals surface area contributed by atoms with Crippen molar-refractivity contribution in [3.05, 3.63) is 7.05 Å². The van der Waals surface area contributed by atoms with Crippen LogP contribution in [-0.4, -0.2) is 42.0 Å². The Labute approximate surface area is 62.8 Å². The largest absolute Gasteiger partial charge is 0.458 e. The summed E-state index contributed by atoms with van der Waals surface area (Å²) in [7, 11) is 3.94. The molecule has 1 unspecified atom stereocenters. The van der Waals surface area contributed by atoms with Crippen LogP contribution >= 0.6 is 0 Å². The Hall–Kier alpha value is -0.0800. The first kappa shape index (κ1) is 6.62. The maximum absolute atomic E-state index is 3.94. The smallest absolute Gasteiger partial charge is 0.0210 e. The Kier molecular flexibility index (Phi) is 1.66. The molecule has 0 amide bonds. The van der Waals surface area contributed by atoms with E-state index in [-0.39, 0.29) is 0 Å². The van der Waals surface area contributed by atoms with Gasteiger partial charge in [-0.25, -0.2) is 0 Å². The fourth-order valence-electron chi connectivity index (χ4n) is 1.82. The van der Waals surface area contributed by atoms with Crippen LogP contribution in [0.5, 0.6) is 0 Å². The summed E-state index contributed by atoms with van der Waals surface area (Å²) in [6, 6.07) is 0.839. The molecular formula is C8H15N2-. The van der Waals surface area contributed by atoms with Crippen molar-refractivity contribution in [2.75, 3.05) is 26.2 Å². The van der Waals surface area contributed by atoms with Gasteiger partial charge in [-0.3, -0.25) is 11.9 Å². The highest BCUT2D eigenvalue weighted by atomic mass is 15.3. The summed E-state index contributed by atoms with van der Waals surface area (Å²) in [5.41, 5.74) is 0. The van der Waals surface area contributed by atoms with E-state index in [1.165, 1.54) is 39.0 Å². The molecule has 0 N–H and O–H groups in total. The van der Waals surface area contributed by atoms with E-state index < -0.39 is 0 Å². The third-order valence-electron chi connectivity index (χ3n) is 2.65. The summed E-state index contributed by atoms with van der Waals surface area (Å²) < 4.78 is 0. The minimum absolute atomic E-state index is 0.839. The normalized spacial score (nSPS) is 36.3. The van der Waals surface area contributed by atoms with Gasteiger partial charge in [-0.1, -0.05) is 0 Å². The van der Waals surface area contributed by atoms with Gasteiger partial charge in [0.15, 0.2) is 0 Å². The fourth-order valence-corrected chi connectivity index (χ4v) is 1.82. The summed E-state index contributed by atoms with van der Waals surface area (Å²) in [5, 5.41) is 0. The second-order valence-corrected chi connectivity index (χ2v) is 3.41. The van der Waals surface area contributed by atoms with Crippen LogP contribution in [-0.2, 0) is 0 Å². The van der Waals surface area contributed by atoms with Crippen LogP contribution in [0.1, 0.15) is 12.8 Å². The zero-order valence-electron chi connectivity index (χ0n) is 6.42. The van der Waals surface area contributed by atoms with Gasteiger partial charge in [-0.15, -0.1) is 0 Å². The van der Waals surface area contributed by atoms with Gasteiger partial charge in [-0.2, -0.15) is 0 Å². The Morgan fingerprint density at radius 2 is 2.00 bits per heavy atom. The molecule has 2 aliphatic rings. The lowest BCUT2D eigenvalue weighted by molar-refractivity contribution is 0.123. The molecule has 0 spiro atoms. The van der Waals surface area contributed by atoms with Crippen molar-refractivity contribution in [3.63, 3.8) is 0 Å². The summed E-state index contributed by atoms with van der Waals surface area (Å²) in [6.07, 6.45) is 2.75. The van der Waals surface area contributed by atoms with Crippen molar-refractivity contribution in [3.8, 4) is 0 Å². The van der Waals surface area contributed by atoms with Crippen LogP contribution in [0.2, 0.25) is 0 Å². The molecule has 2 aliphatic heterocycles. The molecule has 2 heterocycles. The van der Waals surface area contributed by atoms with Crippen LogP contribution < -0.4 is 0 Å². The predicted octanol–water partition coefficient (Wildman–Crippen LogP) is 0.558. The Balaban J connectivity index is 1.82. The molecule has 0 aromatic carbocycles. The number of hydrogen-bond donors (Lipinski definition) is 0. The molecule has 2 heteroatoms. The van der Waals surface area contributed by atoms with Crippen LogP contribution in [0.15, 0.2) is 0 Å². The molecule has 58 valence electrons. The van der Waals surface area contributed by atoms with Crippen molar-refractivity contribution in [2.24, 2.45) is 0 Å². The van der Waals surface area contributed by atoms with E-state index in [4.69, 9.17) is 0 Å². The second-order valence-electron chi connectivity index (χ2n) is 3.41. The van der Waals surface area contributed by atoms with E-state index in [0.29, 0.717) is 0 Å². The van der Waals surface area contributed by atoms with E-state index in [2.05, 4.69) is 16.8 Å². The highest BCUT2D eigenvalue weighted by Gasteiger charge is 2.26. The van der Waals surface area contributed by atoms with Crippen LogP contribution in [0.4, 0.5) is 0 Å². The minimum Gasteiger partial charge on any atom is -0.458 e. The first-order chi connectivity index (χ1) is 4.86. The minimum atomic E-state index is 0.839. The van der Waals surface area contributed by atoms with E-state index in [1.54, 1.807) is 0 Å². The topological polar surface area (TPSA) is 6.48 Å². The zero-order valence-corrected chi connectivity index (χ0v) is 6.42. The molecule has 0 bridgehead atoms. The lowest BCUT2D eigenvalue weighted by atomic mass is 10.1. The summed E-state index contributed by atoms with van der Waals surface area (Å²) >= 11 is 0. The molecular weight excluding hydrogens is 124 g/mol. The van der Waals surface area contributed by atoms with Crippen LogP contribution in [0.25, 0.3) is 0 Å². The van der Waals surface area contributed by atoms with Crippen molar-refractivity contribution < 1.29 is 0 Å². The van der Waals surface area contributed by atoms with Crippen molar-refractivity contribution in [2.45, 2.75) is 18.9 Å². The summed E-state index contributed by atoms with van der Waals surface area (Å²) in [4.78, 5) is 4.76. The maximum Gasteiger partial charge on any atom is 0.0210 e. The third-order valence-corrected chi connectivity index (χ3v) is 2.65. The van der Waals surface area contributed by atoms with Gasteiger partial charge in [0, 0.05) is 6.04 Å². The van der Waals surface area contributed by atoms with Crippen LogP contribution in [0, 0.1) is 7.05 Å². The van der Waals surface area contributed by atoms with Crippen molar-refractivity contribution in [1.29, 1.82) is 0 Å². The van der Waals surface area contributed by atoms with E-state index in [9.17, 15) is 0 Å². The van der Waals surface area contributed by atoms with Crippen molar-refractivity contribution >= 4 is 0 Å². The average molecular weight is 139 g/mol. The van der Waals surface area contributed by atoms with Gasteiger partial charge in [0.1, 0.15) is 0 Å². The first-order valence-electron chi connectivity index (χ1n) is 4.16. The second kappa shape index (κ2) is 2.51. The molecule has 0 aliphatic carbocycles. The maximum atomic E-state index is 3.94. The summed E-state index contributed by atoms with van der Waals surface area (Å²) in [6.45, 7) is 5.05. The predicted molar refractivity (Wildman–Crippen MR) is 41.5 cm³/mol. The molecule has 2 rings (SSSR count). The van der Waals surface area contributed by atoms with E-state index >= 15 is 0 Å². The monoisotopic (exact) mass is 139 g/mol. The number of nitrogens with zero attached hydrogens (tertiary/aromatic N) is 2. The van der Waals surface area contributed by atoms with Gasteiger partial charge >= 0.3 is 0 Å². The molecule has 2 saturated heterocycles. The van der Waals surface area contributed by atoms with Gasteiger partial charge < -0.3 is 4.90 Å². The highest BCUT2D eigenvalue weighted by Crippen LogP contribution is 2.19. The SMILES string of the molecule is [CH2-]N1CCC(N2CCC2)C1. The zero-order chi connectivity index (χ0) is 6.97. The molecule has 0 aromatic heterocycles. The fraction of sp³-hybridized carbons (Fsp3) is 0.875. The van der Waals surface area contributed by atoms with Gasteiger partial charge in [0.25, 0.3) is 0 Å². The van der Waals surface area contributed by atoms with Crippen molar-refractivity contribution in [1.82, 2.24) is 9.80 Å². The molecule has 10 heavy (non-hydrogen) atoms. The Morgan fingerprint density at radius 1 is 1.20 bits per heavy atom. The molecule has 0 radical (unpaired) electrons. The number of hydrogen-bond acceptors (Lipinski definition) is 2. The van der Waals surface area contributed by atoms with E-state index in [1.807, 2.05) is 0 Å². The number of likely N-dealkylation sites (tertiary alicyclic amines) is 2. The average Bonchev–Trinajstić information content (AvgIpc) is 2.10. The Bertz CT molecular complexity index is 120. The highest BCUT2D eigenvalue weighted by molar-refractivity contribution is 4.86. The molecule has 2 fully saturated rings. The third kappa shape index (κ3) is 1.06. The lowest BCUT2D eigenvalue weighted by Crippen LogP contribution is -2.45. The lowest BCUT2D eigenvalue weighted by Gasteiger charge is -2.36. The molecule has 1 atom stereocenters. The standard InChI is InChI=1S/C8H15N2/c1-9-6-3-8(7-9)10-4-2-5-10/h8H,1-7H2/q-1. The summed E-state index contributed by atoms with van der Waals surface area (Å²) in [5.74, 6) is 0.